The Morgan fingerprint density at radius 1 is 0.922 bits per heavy atom. The van der Waals surface area contributed by atoms with Crippen molar-refractivity contribution in [3.8, 4) is 11.1 Å². The van der Waals surface area contributed by atoms with E-state index in [4.69, 9.17) is 16.6 Å². The van der Waals surface area contributed by atoms with E-state index < -0.39 is 59.6 Å². The lowest BCUT2D eigenvalue weighted by Crippen LogP contribution is -2.47. The van der Waals surface area contributed by atoms with Crippen LogP contribution < -0.4 is 22.1 Å². The average Bonchev–Trinajstić information content (AvgIpc) is 3.48. The van der Waals surface area contributed by atoms with Gasteiger partial charge in [-0.05, 0) is 60.9 Å². The highest BCUT2D eigenvalue weighted by molar-refractivity contribution is 5.83. The molecule has 3 aromatic rings. The fourth-order valence-corrected chi connectivity index (χ4v) is 5.87. The van der Waals surface area contributed by atoms with Crippen molar-refractivity contribution in [2.75, 3.05) is 26.2 Å². The number of aromatic nitrogens is 1. The van der Waals surface area contributed by atoms with Crippen LogP contribution in [0.5, 0.6) is 0 Å². The smallest absolute Gasteiger partial charge is 0.320 e. The maximum absolute atomic E-state index is 15.0. The number of nitrogens with one attached hydrogen (secondary N) is 2. The summed E-state index contributed by atoms with van der Waals surface area (Å²) in [5, 5.41) is 24.2. The predicted octanol–water partition coefficient (Wildman–Crippen LogP) is 3.31. The van der Waals surface area contributed by atoms with Crippen molar-refractivity contribution in [1.82, 2.24) is 20.1 Å². The molecular formula is C37H50F2N6O6. The summed E-state index contributed by atoms with van der Waals surface area (Å²) in [5.41, 5.74) is 13.1. The van der Waals surface area contributed by atoms with Gasteiger partial charge in [-0.3, -0.25) is 19.2 Å². The number of aliphatic carboxylic acids is 1. The van der Waals surface area contributed by atoms with Crippen LogP contribution in [0.2, 0.25) is 0 Å². The number of nitrogens with zero attached hydrogens (tertiary/aromatic N) is 2. The molecule has 1 aromatic heterocycles. The third kappa shape index (κ3) is 12.3. The number of aliphatic hydroxyl groups excluding tert-OH is 1. The van der Waals surface area contributed by atoms with Crippen molar-refractivity contribution in [2.45, 2.75) is 77.5 Å². The normalized spacial score (nSPS) is 13.3. The molecule has 0 saturated heterocycles. The van der Waals surface area contributed by atoms with Crippen LogP contribution in [0.1, 0.15) is 70.2 Å². The van der Waals surface area contributed by atoms with Crippen molar-refractivity contribution in [2.24, 2.45) is 16.9 Å². The van der Waals surface area contributed by atoms with Gasteiger partial charge in [0.1, 0.15) is 24.3 Å². The molecule has 0 saturated carbocycles. The molecule has 278 valence electrons. The molecule has 3 rings (SSSR count). The second-order valence-electron chi connectivity index (χ2n) is 13.6. The number of carboxylic acids is 1. The summed E-state index contributed by atoms with van der Waals surface area (Å²) in [4.78, 5) is 50.7. The first-order chi connectivity index (χ1) is 24.1. The van der Waals surface area contributed by atoms with Gasteiger partial charge < -0.3 is 41.8 Å². The lowest BCUT2D eigenvalue weighted by atomic mass is 9.82. The zero-order valence-electron chi connectivity index (χ0n) is 29.4. The topological polar surface area (TPSA) is 193 Å². The van der Waals surface area contributed by atoms with E-state index in [-0.39, 0.29) is 37.4 Å². The molecule has 0 fully saturated rings. The Morgan fingerprint density at radius 3 is 2.27 bits per heavy atom. The van der Waals surface area contributed by atoms with Gasteiger partial charge >= 0.3 is 5.97 Å². The molecule has 2 aromatic carbocycles. The van der Waals surface area contributed by atoms with Crippen molar-refractivity contribution >= 4 is 23.7 Å². The Kier molecular flexibility index (Phi) is 15.3. The Morgan fingerprint density at radius 2 is 1.63 bits per heavy atom. The summed E-state index contributed by atoms with van der Waals surface area (Å²) in [6, 6.07) is 11.8. The van der Waals surface area contributed by atoms with Crippen LogP contribution >= 0.6 is 0 Å². The minimum absolute atomic E-state index is 0.000959. The summed E-state index contributed by atoms with van der Waals surface area (Å²) in [6.07, 6.45) is 3.14. The maximum Gasteiger partial charge on any atom is 0.320 e. The minimum atomic E-state index is -1.07. The van der Waals surface area contributed by atoms with E-state index in [0.29, 0.717) is 43.6 Å². The number of carbonyl (C=O) groups excluding carboxylic acids is 3. The van der Waals surface area contributed by atoms with E-state index in [1.807, 2.05) is 55.7 Å². The van der Waals surface area contributed by atoms with Crippen molar-refractivity contribution in [3.63, 3.8) is 0 Å². The Bertz CT molecular complexity index is 1630. The summed E-state index contributed by atoms with van der Waals surface area (Å²) in [6.45, 7) is 5.66. The lowest BCUT2D eigenvalue weighted by Gasteiger charge is -2.41. The molecule has 0 unspecified atom stereocenters. The molecule has 3 atom stereocenters. The fraction of sp³-hybridized carbons (Fsp3) is 0.459. The molecular weight excluding hydrogens is 662 g/mol. The van der Waals surface area contributed by atoms with Gasteiger partial charge in [-0.2, -0.15) is 0 Å². The van der Waals surface area contributed by atoms with Gasteiger partial charge in [-0.25, -0.2) is 8.78 Å². The van der Waals surface area contributed by atoms with Crippen LogP contribution in [0.4, 0.5) is 8.78 Å². The minimum Gasteiger partial charge on any atom is -0.480 e. The molecule has 51 heavy (non-hydrogen) atoms. The third-order valence-electron chi connectivity index (χ3n) is 8.48. The molecule has 12 nitrogen and oxygen atoms in total. The average molecular weight is 713 g/mol. The van der Waals surface area contributed by atoms with Crippen LogP contribution in [0, 0.1) is 17.0 Å². The highest BCUT2D eigenvalue weighted by atomic mass is 19.1. The van der Waals surface area contributed by atoms with Gasteiger partial charge in [0.2, 0.25) is 17.7 Å². The lowest BCUT2D eigenvalue weighted by molar-refractivity contribution is -0.140. The molecule has 1 heterocycles. The number of benzene rings is 2. The SMILES string of the molecule is CC(C)(C)[C@H](c1cc(-c2cc(F)ccc2F)cn1Cc1ccccc1)N(CC[C@H](N)C(=O)NCCC(=O)NCCCC[C@H](N)C(=O)O)C(=O)CO. The molecule has 14 heteroatoms. The van der Waals surface area contributed by atoms with Gasteiger partial charge in [-0.15, -0.1) is 0 Å². The highest BCUT2D eigenvalue weighted by Gasteiger charge is 2.37. The van der Waals surface area contributed by atoms with E-state index in [2.05, 4.69) is 10.6 Å². The highest BCUT2D eigenvalue weighted by Crippen LogP contribution is 2.41. The quantitative estimate of drug-likeness (QED) is 0.102. The molecule has 0 spiro atoms. The van der Waals surface area contributed by atoms with Crippen LogP contribution in [0.15, 0.2) is 60.8 Å². The Labute approximate surface area is 297 Å². The van der Waals surface area contributed by atoms with E-state index in [1.54, 1.807) is 12.3 Å². The van der Waals surface area contributed by atoms with Crippen LogP contribution in [0.3, 0.4) is 0 Å². The Balaban J connectivity index is 1.74. The van der Waals surface area contributed by atoms with Gasteiger partial charge in [-0.1, -0.05) is 51.1 Å². The number of amides is 3. The number of carbonyl (C=O) groups is 4. The summed E-state index contributed by atoms with van der Waals surface area (Å²) < 4.78 is 31.1. The second kappa shape index (κ2) is 19.1. The summed E-state index contributed by atoms with van der Waals surface area (Å²) >= 11 is 0. The van der Waals surface area contributed by atoms with Gasteiger partial charge in [0.15, 0.2) is 0 Å². The molecule has 3 amide bonds. The van der Waals surface area contributed by atoms with E-state index in [9.17, 15) is 33.1 Å². The summed E-state index contributed by atoms with van der Waals surface area (Å²) in [5.74, 6) is -3.70. The first kappa shape index (κ1) is 40.8. The third-order valence-corrected chi connectivity index (χ3v) is 8.48. The number of nitrogens with two attached hydrogens (primary N) is 2. The molecule has 0 bridgehead atoms. The number of aliphatic hydroxyl groups is 1. The molecule has 0 aliphatic rings. The zero-order chi connectivity index (χ0) is 37.7. The number of unbranched alkanes of at least 4 members (excludes halogenated alkanes) is 1. The van der Waals surface area contributed by atoms with Gasteiger partial charge in [0, 0.05) is 55.6 Å². The van der Waals surface area contributed by atoms with Gasteiger partial charge in [0.05, 0.1) is 12.1 Å². The first-order valence-electron chi connectivity index (χ1n) is 17.0. The largest absolute Gasteiger partial charge is 0.480 e. The fourth-order valence-electron chi connectivity index (χ4n) is 5.87. The number of halogens is 2. The van der Waals surface area contributed by atoms with E-state index >= 15 is 0 Å². The molecule has 0 aliphatic heterocycles. The van der Waals surface area contributed by atoms with Crippen molar-refractivity contribution in [1.29, 1.82) is 0 Å². The standard InChI is InChI=1S/C37H50F2N6O6/c1-37(2,3)34(31-19-25(27-20-26(38)12-13-28(27)39)22-44(31)21-24-9-5-4-6-10-24)45(33(48)23-46)18-15-29(40)35(49)43-17-14-32(47)42-16-8-7-11-30(41)36(50)51/h4-6,9-10,12-13,19-20,22,29-30,34,46H,7-8,11,14-18,21,23,40-41H2,1-3H3,(H,42,47)(H,43,49)(H,50,51)/t29-,30-,34-/m0/s1. The number of carboxylic acid groups (broad SMARTS) is 1. The maximum atomic E-state index is 15.0. The number of hydrogen-bond donors (Lipinski definition) is 6. The van der Waals surface area contributed by atoms with Gasteiger partial charge in [0.25, 0.3) is 0 Å². The molecule has 0 radical (unpaired) electrons. The molecule has 8 N–H and O–H groups in total. The van der Waals surface area contributed by atoms with Crippen LogP contribution in [-0.2, 0) is 25.7 Å². The monoisotopic (exact) mass is 712 g/mol. The molecule has 0 aliphatic carbocycles. The zero-order valence-corrected chi connectivity index (χ0v) is 29.4. The van der Waals surface area contributed by atoms with E-state index in [1.165, 1.54) is 4.90 Å². The number of rotatable bonds is 19. The van der Waals surface area contributed by atoms with Crippen molar-refractivity contribution < 1.29 is 38.2 Å². The van der Waals surface area contributed by atoms with E-state index in [0.717, 1.165) is 23.8 Å². The Hall–Kier alpha value is -4.66. The van der Waals surface area contributed by atoms with Crippen LogP contribution in [0.25, 0.3) is 11.1 Å². The summed E-state index contributed by atoms with van der Waals surface area (Å²) in [7, 11) is 0. The first-order valence-corrected chi connectivity index (χ1v) is 17.0. The predicted molar refractivity (Wildman–Crippen MR) is 189 cm³/mol. The van der Waals surface area contributed by atoms with Crippen LogP contribution in [-0.4, -0.2) is 81.7 Å². The van der Waals surface area contributed by atoms with Crippen molar-refractivity contribution in [3.05, 3.63) is 83.7 Å². The number of hydrogen-bond acceptors (Lipinski definition) is 7. The second-order valence-corrected chi connectivity index (χ2v) is 13.6.